The summed E-state index contributed by atoms with van der Waals surface area (Å²) in [5.41, 5.74) is 1.85. The Balaban J connectivity index is 1.79. The van der Waals surface area contributed by atoms with Crippen molar-refractivity contribution in [2.24, 2.45) is 5.92 Å². The van der Waals surface area contributed by atoms with Gasteiger partial charge < -0.3 is 10.1 Å². The summed E-state index contributed by atoms with van der Waals surface area (Å²) in [7, 11) is -4.79. The Morgan fingerprint density at radius 2 is 1.93 bits per heavy atom. The Kier molecular flexibility index (Phi) is 4.77. The number of carboxylic acid groups (broad SMARTS) is 1. The number of halogens is 3. The van der Waals surface area contributed by atoms with Crippen molar-refractivity contribution >= 4 is 42.6 Å². The molecule has 29 heavy (non-hydrogen) atoms. The summed E-state index contributed by atoms with van der Waals surface area (Å²) in [4.78, 5) is 14.5. The van der Waals surface area contributed by atoms with Crippen LogP contribution in [0.4, 0.5) is 8.78 Å². The van der Waals surface area contributed by atoms with Gasteiger partial charge in [0.2, 0.25) is 9.84 Å². The van der Waals surface area contributed by atoms with Crippen LogP contribution < -0.4 is 0 Å². The summed E-state index contributed by atoms with van der Waals surface area (Å²) >= 11 is 3.14. The number of benzene rings is 2. The number of H-pyrrole nitrogens is 1. The average Bonchev–Trinajstić information content (AvgIpc) is 3.04. The van der Waals surface area contributed by atoms with Gasteiger partial charge in [-0.1, -0.05) is 18.2 Å². The fourth-order valence-electron chi connectivity index (χ4n) is 4.02. The molecule has 5 nitrogen and oxygen atoms in total. The van der Waals surface area contributed by atoms with Crippen molar-refractivity contribution in [2.45, 2.75) is 29.2 Å². The van der Waals surface area contributed by atoms with Gasteiger partial charge in [0.1, 0.15) is 5.82 Å². The number of alkyl halides is 1. The highest BCUT2D eigenvalue weighted by Gasteiger charge is 2.59. The molecule has 1 aromatic heterocycles. The third kappa shape index (κ3) is 2.98. The lowest BCUT2D eigenvalue weighted by atomic mass is 9.83. The molecule has 1 aliphatic carbocycles. The number of aliphatic carboxylic acids is 1. The Labute approximate surface area is 173 Å². The molecule has 0 saturated carbocycles. The number of carboxylic acids is 1. The second kappa shape index (κ2) is 6.91. The number of rotatable bonds is 4. The minimum atomic E-state index is -4.79. The van der Waals surface area contributed by atoms with Gasteiger partial charge in [-0.2, -0.15) is 0 Å². The zero-order valence-corrected chi connectivity index (χ0v) is 17.4. The van der Waals surface area contributed by atoms with Gasteiger partial charge in [-0.05, 0) is 65.0 Å². The second-order valence-corrected chi connectivity index (χ2v) is 10.0. The van der Waals surface area contributed by atoms with Gasteiger partial charge in [0, 0.05) is 22.5 Å². The van der Waals surface area contributed by atoms with E-state index in [0.717, 1.165) is 10.9 Å². The first-order chi connectivity index (χ1) is 13.7. The number of hydrogen-bond donors (Lipinski definition) is 2. The van der Waals surface area contributed by atoms with Crippen LogP contribution >= 0.6 is 15.9 Å². The van der Waals surface area contributed by atoms with E-state index in [-0.39, 0.29) is 28.6 Å². The molecule has 0 radical (unpaired) electrons. The van der Waals surface area contributed by atoms with Crippen LogP contribution in [0.2, 0.25) is 0 Å². The smallest absolute Gasteiger partial charge is 0.358 e. The van der Waals surface area contributed by atoms with E-state index in [1.807, 2.05) is 0 Å². The van der Waals surface area contributed by atoms with E-state index in [0.29, 0.717) is 11.2 Å². The van der Waals surface area contributed by atoms with Gasteiger partial charge in [-0.3, -0.25) is 0 Å². The zero-order chi connectivity index (χ0) is 21.0. The molecule has 1 aliphatic rings. The lowest BCUT2D eigenvalue weighted by Gasteiger charge is -2.32. The number of aromatic nitrogens is 1. The predicted molar refractivity (Wildman–Crippen MR) is 107 cm³/mol. The summed E-state index contributed by atoms with van der Waals surface area (Å²) in [5.74, 6) is -3.79. The number of carbonyl (C=O) groups is 1. The fraction of sp³-hybridized carbons (Fsp3) is 0.250. The Hall–Kier alpha value is -2.26. The summed E-state index contributed by atoms with van der Waals surface area (Å²) in [5, 5.41) is 6.89. The lowest BCUT2D eigenvalue weighted by Crippen LogP contribution is -2.50. The molecule has 0 spiro atoms. The molecule has 4 rings (SSSR count). The van der Waals surface area contributed by atoms with Gasteiger partial charge in [-0.15, -0.1) is 0 Å². The highest BCUT2D eigenvalue weighted by Crippen LogP contribution is 2.43. The van der Waals surface area contributed by atoms with Crippen LogP contribution in [0.1, 0.15) is 17.7 Å². The normalized spacial score (nSPS) is 18.9. The van der Waals surface area contributed by atoms with Gasteiger partial charge in [-0.25, -0.2) is 22.0 Å². The van der Waals surface area contributed by atoms with Crippen LogP contribution in [0.15, 0.2) is 51.8 Å². The van der Waals surface area contributed by atoms with Crippen LogP contribution in [-0.4, -0.2) is 29.5 Å². The molecular weight excluding hydrogens is 468 g/mol. The molecule has 1 heterocycles. The lowest BCUT2D eigenvalue weighted by molar-refractivity contribution is -0.148. The molecule has 2 atom stereocenters. The number of aryl methyl sites for hydroxylation is 1. The van der Waals surface area contributed by atoms with E-state index in [1.54, 1.807) is 12.1 Å². The highest BCUT2D eigenvalue weighted by molar-refractivity contribution is 9.10. The Morgan fingerprint density at radius 1 is 1.24 bits per heavy atom. The molecule has 0 fully saturated rings. The first-order valence-electron chi connectivity index (χ1n) is 8.86. The van der Waals surface area contributed by atoms with E-state index in [4.69, 9.17) is 0 Å². The number of hydrogen-bond acceptors (Lipinski definition) is 3. The van der Waals surface area contributed by atoms with Crippen molar-refractivity contribution in [1.82, 2.24) is 4.98 Å². The van der Waals surface area contributed by atoms with Crippen LogP contribution in [0.3, 0.4) is 0 Å². The van der Waals surface area contributed by atoms with Crippen LogP contribution in [0.25, 0.3) is 10.9 Å². The largest absolute Gasteiger partial charge is 0.478 e. The third-order valence-electron chi connectivity index (χ3n) is 5.49. The van der Waals surface area contributed by atoms with Crippen molar-refractivity contribution in [1.29, 1.82) is 0 Å². The minimum Gasteiger partial charge on any atom is -0.478 e. The maximum Gasteiger partial charge on any atom is 0.358 e. The van der Waals surface area contributed by atoms with E-state index in [1.165, 1.54) is 30.3 Å². The molecule has 0 amide bonds. The van der Waals surface area contributed by atoms with Gasteiger partial charge >= 0.3 is 11.0 Å². The molecule has 2 N–H and O–H groups in total. The van der Waals surface area contributed by atoms with Crippen molar-refractivity contribution in [2.75, 3.05) is 0 Å². The zero-order valence-electron chi connectivity index (χ0n) is 15.0. The SMILES string of the molecule is O=C(O)C(F)(C1CCc2c([nH]c3cc(F)c(Br)cc23)C1)S(=O)(=O)c1ccccc1. The molecule has 2 aromatic carbocycles. The van der Waals surface area contributed by atoms with E-state index >= 15 is 4.39 Å². The molecule has 0 bridgehead atoms. The highest BCUT2D eigenvalue weighted by atomic mass is 79.9. The molecule has 2 unspecified atom stereocenters. The molecule has 3 aromatic rings. The Morgan fingerprint density at radius 3 is 2.59 bits per heavy atom. The summed E-state index contributed by atoms with van der Waals surface area (Å²) in [6.07, 6.45) is 0.198. The van der Waals surface area contributed by atoms with Crippen molar-refractivity contribution in [3.63, 3.8) is 0 Å². The molecule has 152 valence electrons. The van der Waals surface area contributed by atoms with Crippen molar-refractivity contribution < 1.29 is 27.1 Å². The predicted octanol–water partition coefficient (Wildman–Crippen LogP) is 4.40. The summed E-state index contributed by atoms with van der Waals surface area (Å²) in [6.45, 7) is 0. The first kappa shape index (κ1) is 20.0. The van der Waals surface area contributed by atoms with E-state index in [2.05, 4.69) is 20.9 Å². The Bertz CT molecular complexity index is 1230. The summed E-state index contributed by atoms with van der Waals surface area (Å²) < 4.78 is 55.9. The van der Waals surface area contributed by atoms with Crippen molar-refractivity contribution in [3.8, 4) is 0 Å². The topological polar surface area (TPSA) is 87.2 Å². The first-order valence-corrected chi connectivity index (χ1v) is 11.1. The standard InChI is InChI=1S/C20H16BrF2NO4S/c21-15-9-14-13-7-6-11(8-17(13)24-18(14)10-16(15)22)20(23,19(25)26)29(27,28)12-4-2-1-3-5-12/h1-5,9-11,24H,6-8H2,(H,25,26). The van der Waals surface area contributed by atoms with Crippen molar-refractivity contribution in [3.05, 3.63) is 64.0 Å². The maximum absolute atomic E-state index is 15.9. The van der Waals surface area contributed by atoms with Gasteiger partial charge in [0.25, 0.3) is 0 Å². The maximum atomic E-state index is 15.9. The van der Waals surface area contributed by atoms with Crippen LogP contribution in [-0.2, 0) is 27.5 Å². The minimum absolute atomic E-state index is 0.0316. The van der Waals surface area contributed by atoms with Crippen LogP contribution in [0, 0.1) is 11.7 Å². The number of fused-ring (bicyclic) bond motifs is 3. The van der Waals surface area contributed by atoms with Gasteiger partial charge in [0.15, 0.2) is 0 Å². The summed E-state index contributed by atoms with van der Waals surface area (Å²) in [6, 6.07) is 9.67. The van der Waals surface area contributed by atoms with Gasteiger partial charge in [0.05, 0.1) is 9.37 Å². The molecule has 0 saturated heterocycles. The monoisotopic (exact) mass is 483 g/mol. The number of nitrogens with one attached hydrogen (secondary N) is 1. The molecule has 9 heteroatoms. The third-order valence-corrected chi connectivity index (χ3v) is 8.28. The molecular formula is C20H16BrF2NO4S. The van der Waals surface area contributed by atoms with E-state index in [9.17, 15) is 22.7 Å². The van der Waals surface area contributed by atoms with Crippen LogP contribution in [0.5, 0.6) is 0 Å². The second-order valence-electron chi connectivity index (χ2n) is 7.10. The molecule has 0 aliphatic heterocycles. The average molecular weight is 484 g/mol. The van der Waals surface area contributed by atoms with E-state index < -0.39 is 32.5 Å². The number of aromatic amines is 1. The fourth-order valence-corrected chi connectivity index (χ4v) is 6.10. The quantitative estimate of drug-likeness (QED) is 0.575. The number of sulfone groups is 1.